The first kappa shape index (κ1) is 18.7. The number of aromatic nitrogens is 3. The largest absolute Gasteiger partial charge is 0.347 e. The SMILES string of the molecule is O=C(NCc1cccnc1)c1cc(-c2cccs2)nn1-c1ccc(Cl)c(Cl)c1. The summed E-state index contributed by atoms with van der Waals surface area (Å²) in [6.45, 7) is 0.369. The number of amides is 1. The molecule has 0 saturated carbocycles. The van der Waals surface area contributed by atoms with Crippen LogP contribution in [0.3, 0.4) is 0 Å². The summed E-state index contributed by atoms with van der Waals surface area (Å²) in [5.41, 5.74) is 2.69. The Morgan fingerprint density at radius 3 is 2.71 bits per heavy atom. The standard InChI is InChI=1S/C20H14Cl2N4OS/c21-15-6-5-14(9-16(15)22)26-18(10-17(25-26)19-4-2-8-28-19)20(27)24-12-13-3-1-7-23-11-13/h1-11H,12H2,(H,24,27). The summed E-state index contributed by atoms with van der Waals surface area (Å²) >= 11 is 13.8. The molecule has 0 fully saturated rings. The monoisotopic (exact) mass is 428 g/mol. The van der Waals surface area contributed by atoms with E-state index in [-0.39, 0.29) is 5.91 Å². The third-order valence-corrected chi connectivity index (χ3v) is 5.67. The average molecular weight is 429 g/mol. The molecule has 4 aromatic rings. The van der Waals surface area contributed by atoms with Crippen molar-refractivity contribution in [2.45, 2.75) is 6.54 Å². The van der Waals surface area contributed by atoms with E-state index in [1.54, 1.807) is 52.7 Å². The third kappa shape index (κ3) is 3.94. The van der Waals surface area contributed by atoms with Crippen LogP contribution in [0.1, 0.15) is 16.1 Å². The van der Waals surface area contributed by atoms with Gasteiger partial charge in [-0.2, -0.15) is 5.10 Å². The van der Waals surface area contributed by atoms with E-state index in [9.17, 15) is 4.79 Å². The van der Waals surface area contributed by atoms with Crippen LogP contribution in [0.5, 0.6) is 0 Å². The number of nitrogens with zero attached hydrogens (tertiary/aromatic N) is 3. The zero-order valence-electron chi connectivity index (χ0n) is 14.5. The normalized spacial score (nSPS) is 10.8. The lowest BCUT2D eigenvalue weighted by Crippen LogP contribution is -2.25. The third-order valence-electron chi connectivity index (χ3n) is 4.04. The lowest BCUT2D eigenvalue weighted by molar-refractivity contribution is 0.0943. The van der Waals surface area contributed by atoms with E-state index in [0.29, 0.717) is 33.7 Å². The maximum absolute atomic E-state index is 12.9. The highest BCUT2D eigenvalue weighted by Crippen LogP contribution is 2.28. The molecule has 8 heteroatoms. The van der Waals surface area contributed by atoms with Gasteiger partial charge in [0.2, 0.25) is 0 Å². The van der Waals surface area contributed by atoms with Gasteiger partial charge < -0.3 is 5.32 Å². The number of carbonyl (C=O) groups is 1. The summed E-state index contributed by atoms with van der Waals surface area (Å²) < 4.78 is 1.58. The molecule has 0 aliphatic heterocycles. The van der Waals surface area contributed by atoms with Crippen molar-refractivity contribution in [3.63, 3.8) is 0 Å². The van der Waals surface area contributed by atoms with Crippen LogP contribution in [0, 0.1) is 0 Å². The minimum absolute atomic E-state index is 0.245. The molecule has 0 radical (unpaired) electrons. The Balaban J connectivity index is 1.69. The van der Waals surface area contributed by atoms with Crippen molar-refractivity contribution in [2.75, 3.05) is 0 Å². The molecule has 3 heterocycles. The summed E-state index contributed by atoms with van der Waals surface area (Å²) in [7, 11) is 0. The van der Waals surface area contributed by atoms with Gasteiger partial charge in [-0.05, 0) is 47.3 Å². The van der Waals surface area contributed by atoms with Crippen LogP contribution < -0.4 is 5.32 Å². The van der Waals surface area contributed by atoms with Gasteiger partial charge in [-0.1, -0.05) is 35.3 Å². The molecule has 0 atom stereocenters. The Kier molecular flexibility index (Phi) is 5.43. The first-order valence-electron chi connectivity index (χ1n) is 8.38. The predicted octanol–water partition coefficient (Wildman–Crippen LogP) is 5.23. The number of carbonyl (C=O) groups excluding carboxylic acids is 1. The molecular formula is C20H14Cl2N4OS. The predicted molar refractivity (Wildman–Crippen MR) is 112 cm³/mol. The fourth-order valence-electron chi connectivity index (χ4n) is 2.68. The smallest absolute Gasteiger partial charge is 0.270 e. The molecule has 1 aromatic carbocycles. The van der Waals surface area contributed by atoms with Crippen molar-refractivity contribution >= 4 is 40.4 Å². The molecule has 3 aromatic heterocycles. The number of halogens is 2. The van der Waals surface area contributed by atoms with Crippen molar-refractivity contribution in [3.8, 4) is 16.3 Å². The number of hydrogen-bond donors (Lipinski definition) is 1. The van der Waals surface area contributed by atoms with Gasteiger partial charge in [0.1, 0.15) is 11.4 Å². The Morgan fingerprint density at radius 1 is 1.11 bits per heavy atom. The van der Waals surface area contributed by atoms with E-state index >= 15 is 0 Å². The Labute approximate surface area is 175 Å². The number of rotatable bonds is 5. The number of benzene rings is 1. The number of hydrogen-bond acceptors (Lipinski definition) is 4. The van der Waals surface area contributed by atoms with Gasteiger partial charge in [-0.15, -0.1) is 11.3 Å². The number of pyridine rings is 1. The van der Waals surface area contributed by atoms with Crippen LogP contribution in [0.4, 0.5) is 0 Å². The molecule has 0 aliphatic carbocycles. The molecule has 0 bridgehead atoms. The quantitative estimate of drug-likeness (QED) is 0.473. The maximum atomic E-state index is 12.9. The molecule has 4 rings (SSSR count). The van der Waals surface area contributed by atoms with Crippen molar-refractivity contribution in [3.05, 3.63) is 87.6 Å². The molecule has 0 aliphatic rings. The van der Waals surface area contributed by atoms with Crippen LogP contribution in [-0.4, -0.2) is 20.7 Å². The van der Waals surface area contributed by atoms with E-state index in [2.05, 4.69) is 15.4 Å². The maximum Gasteiger partial charge on any atom is 0.270 e. The molecule has 0 unspecified atom stereocenters. The van der Waals surface area contributed by atoms with E-state index in [1.807, 2.05) is 29.6 Å². The van der Waals surface area contributed by atoms with Crippen molar-refractivity contribution < 1.29 is 4.79 Å². The van der Waals surface area contributed by atoms with Gasteiger partial charge >= 0.3 is 0 Å². The van der Waals surface area contributed by atoms with Crippen LogP contribution in [-0.2, 0) is 6.54 Å². The second kappa shape index (κ2) is 8.14. The second-order valence-corrected chi connectivity index (χ2v) is 7.71. The van der Waals surface area contributed by atoms with Crippen LogP contribution in [0.2, 0.25) is 10.0 Å². The Bertz CT molecular complexity index is 1110. The fourth-order valence-corrected chi connectivity index (χ4v) is 3.65. The highest BCUT2D eigenvalue weighted by atomic mass is 35.5. The van der Waals surface area contributed by atoms with Crippen LogP contribution >= 0.6 is 34.5 Å². The summed E-state index contributed by atoms with van der Waals surface area (Å²) in [4.78, 5) is 17.9. The summed E-state index contributed by atoms with van der Waals surface area (Å²) in [5, 5.41) is 10.3. The molecule has 1 amide bonds. The molecule has 28 heavy (non-hydrogen) atoms. The van der Waals surface area contributed by atoms with E-state index < -0.39 is 0 Å². The first-order chi connectivity index (χ1) is 13.6. The van der Waals surface area contributed by atoms with Crippen LogP contribution in [0.15, 0.2) is 66.3 Å². The van der Waals surface area contributed by atoms with Gasteiger partial charge in [-0.25, -0.2) is 4.68 Å². The average Bonchev–Trinajstić information content (AvgIpc) is 3.39. The zero-order valence-corrected chi connectivity index (χ0v) is 16.8. The van der Waals surface area contributed by atoms with Gasteiger partial charge in [-0.3, -0.25) is 9.78 Å². The summed E-state index contributed by atoms with van der Waals surface area (Å²) in [6.07, 6.45) is 3.41. The van der Waals surface area contributed by atoms with Gasteiger partial charge in [0.05, 0.1) is 20.6 Å². The summed E-state index contributed by atoms with van der Waals surface area (Å²) in [6, 6.07) is 14.6. The fraction of sp³-hybridized carbons (Fsp3) is 0.0500. The highest BCUT2D eigenvalue weighted by Gasteiger charge is 2.18. The molecular weight excluding hydrogens is 415 g/mol. The summed E-state index contributed by atoms with van der Waals surface area (Å²) in [5.74, 6) is -0.245. The van der Waals surface area contributed by atoms with Crippen molar-refractivity contribution in [1.29, 1.82) is 0 Å². The van der Waals surface area contributed by atoms with E-state index in [1.165, 1.54) is 0 Å². The first-order valence-corrected chi connectivity index (χ1v) is 10.0. The van der Waals surface area contributed by atoms with Gasteiger partial charge in [0.25, 0.3) is 5.91 Å². The number of thiophene rings is 1. The van der Waals surface area contributed by atoms with Crippen LogP contribution in [0.25, 0.3) is 16.3 Å². The van der Waals surface area contributed by atoms with Gasteiger partial charge in [0, 0.05) is 18.9 Å². The minimum Gasteiger partial charge on any atom is -0.347 e. The molecule has 140 valence electrons. The molecule has 0 saturated heterocycles. The lowest BCUT2D eigenvalue weighted by atomic mass is 10.2. The second-order valence-electron chi connectivity index (χ2n) is 5.95. The highest BCUT2D eigenvalue weighted by molar-refractivity contribution is 7.13. The topological polar surface area (TPSA) is 59.8 Å². The lowest BCUT2D eigenvalue weighted by Gasteiger charge is -2.09. The van der Waals surface area contributed by atoms with Gasteiger partial charge in [0.15, 0.2) is 0 Å². The zero-order chi connectivity index (χ0) is 19.5. The van der Waals surface area contributed by atoms with E-state index in [4.69, 9.17) is 23.2 Å². The minimum atomic E-state index is -0.245. The molecule has 0 spiro atoms. The molecule has 1 N–H and O–H groups in total. The Morgan fingerprint density at radius 2 is 2.00 bits per heavy atom. The van der Waals surface area contributed by atoms with Crippen molar-refractivity contribution in [1.82, 2.24) is 20.1 Å². The van der Waals surface area contributed by atoms with E-state index in [0.717, 1.165) is 10.4 Å². The molecule has 5 nitrogen and oxygen atoms in total. The Hall–Kier alpha value is -2.67. The number of nitrogens with one attached hydrogen (secondary N) is 1. The van der Waals surface area contributed by atoms with Crippen molar-refractivity contribution in [2.24, 2.45) is 0 Å².